The molecule has 4 rings (SSSR count). The first-order valence-corrected chi connectivity index (χ1v) is 9.53. The first-order valence-electron chi connectivity index (χ1n) is 9.53. The van der Waals surface area contributed by atoms with Crippen LogP contribution in [0, 0.1) is 0 Å². The summed E-state index contributed by atoms with van der Waals surface area (Å²) in [6.07, 6.45) is 7.61. The zero-order chi connectivity index (χ0) is 19.2. The normalized spacial score (nSPS) is 13.4. The van der Waals surface area contributed by atoms with E-state index in [2.05, 4.69) is 49.8 Å². The van der Waals surface area contributed by atoms with E-state index in [1.807, 2.05) is 18.2 Å². The number of anilines is 3. The molecule has 2 N–H and O–H groups in total. The number of benzene rings is 1. The topological polar surface area (TPSA) is 70.2 Å². The summed E-state index contributed by atoms with van der Waals surface area (Å²) in [6.45, 7) is 2.69. The van der Waals surface area contributed by atoms with E-state index in [0.717, 1.165) is 30.0 Å². The largest absolute Gasteiger partial charge is 0.372 e. The van der Waals surface area contributed by atoms with Crippen LogP contribution in [0.25, 0.3) is 0 Å². The van der Waals surface area contributed by atoms with E-state index in [1.54, 1.807) is 24.7 Å². The highest BCUT2D eigenvalue weighted by Gasteiger charge is 2.12. The number of hydrogen-bond acceptors (Lipinski definition) is 5. The lowest BCUT2D eigenvalue weighted by atomic mass is 10.2. The highest BCUT2D eigenvalue weighted by molar-refractivity contribution is 5.93. The SMILES string of the molecule is O=C(NCc1cccnc1)c1cc(Nc2ccc(N3CCCC3)cc2)ccn1. The molecule has 142 valence electrons. The van der Waals surface area contributed by atoms with Crippen LogP contribution in [0.1, 0.15) is 28.9 Å². The number of nitrogens with zero attached hydrogens (tertiary/aromatic N) is 3. The molecule has 1 aliphatic rings. The summed E-state index contributed by atoms with van der Waals surface area (Å²) in [4.78, 5) is 23.0. The number of carbonyl (C=O) groups is 1. The Bertz CT molecular complexity index is 921. The molecule has 0 spiro atoms. The van der Waals surface area contributed by atoms with Gasteiger partial charge in [-0.15, -0.1) is 0 Å². The van der Waals surface area contributed by atoms with Crippen molar-refractivity contribution in [3.8, 4) is 0 Å². The zero-order valence-corrected chi connectivity index (χ0v) is 15.6. The van der Waals surface area contributed by atoms with Gasteiger partial charge in [0.2, 0.25) is 0 Å². The van der Waals surface area contributed by atoms with Gasteiger partial charge in [-0.1, -0.05) is 6.07 Å². The van der Waals surface area contributed by atoms with Crippen LogP contribution in [0.15, 0.2) is 67.1 Å². The Morgan fingerprint density at radius 2 is 1.82 bits per heavy atom. The predicted molar refractivity (Wildman–Crippen MR) is 111 cm³/mol. The molecule has 0 bridgehead atoms. The molecule has 0 atom stereocenters. The van der Waals surface area contributed by atoms with Gasteiger partial charge in [0.1, 0.15) is 5.69 Å². The minimum atomic E-state index is -0.211. The van der Waals surface area contributed by atoms with Crippen molar-refractivity contribution in [3.05, 3.63) is 78.4 Å². The van der Waals surface area contributed by atoms with Crippen molar-refractivity contribution in [2.24, 2.45) is 0 Å². The molecule has 0 unspecified atom stereocenters. The van der Waals surface area contributed by atoms with Crippen molar-refractivity contribution in [3.63, 3.8) is 0 Å². The van der Waals surface area contributed by atoms with Crippen LogP contribution in [-0.4, -0.2) is 29.0 Å². The molecule has 6 nitrogen and oxygen atoms in total. The van der Waals surface area contributed by atoms with Crippen LogP contribution in [0.4, 0.5) is 17.1 Å². The molecule has 1 saturated heterocycles. The second kappa shape index (κ2) is 8.52. The van der Waals surface area contributed by atoms with Gasteiger partial charge < -0.3 is 15.5 Å². The molecule has 0 aliphatic carbocycles. The number of aromatic nitrogens is 2. The molecule has 3 aromatic rings. The summed E-state index contributed by atoms with van der Waals surface area (Å²) in [5.74, 6) is -0.211. The fraction of sp³-hybridized carbons (Fsp3) is 0.227. The number of pyridine rings is 2. The number of nitrogens with one attached hydrogen (secondary N) is 2. The molecule has 6 heteroatoms. The fourth-order valence-electron chi connectivity index (χ4n) is 3.31. The molecule has 0 saturated carbocycles. The van der Waals surface area contributed by atoms with Gasteiger partial charge in [-0.05, 0) is 60.9 Å². The van der Waals surface area contributed by atoms with Gasteiger partial charge in [0.05, 0.1) is 0 Å². The number of rotatable bonds is 6. The minimum Gasteiger partial charge on any atom is -0.372 e. The van der Waals surface area contributed by atoms with Crippen LogP contribution in [0.2, 0.25) is 0 Å². The second-order valence-electron chi connectivity index (χ2n) is 6.84. The third-order valence-electron chi connectivity index (χ3n) is 4.80. The van der Waals surface area contributed by atoms with E-state index in [0.29, 0.717) is 12.2 Å². The van der Waals surface area contributed by atoms with Crippen molar-refractivity contribution < 1.29 is 4.79 Å². The number of hydrogen-bond donors (Lipinski definition) is 2. The number of carbonyl (C=O) groups excluding carboxylic acids is 1. The molecule has 2 aromatic heterocycles. The van der Waals surface area contributed by atoms with Crippen LogP contribution in [0.5, 0.6) is 0 Å². The molecular formula is C22H23N5O. The maximum atomic E-state index is 12.4. The van der Waals surface area contributed by atoms with Gasteiger partial charge in [0.15, 0.2) is 0 Å². The lowest BCUT2D eigenvalue weighted by molar-refractivity contribution is 0.0946. The lowest BCUT2D eigenvalue weighted by Crippen LogP contribution is -2.23. The number of amides is 1. The second-order valence-corrected chi connectivity index (χ2v) is 6.84. The fourth-order valence-corrected chi connectivity index (χ4v) is 3.31. The molecule has 28 heavy (non-hydrogen) atoms. The zero-order valence-electron chi connectivity index (χ0n) is 15.6. The molecule has 1 fully saturated rings. The van der Waals surface area contributed by atoms with Gasteiger partial charge in [0, 0.05) is 55.3 Å². The minimum absolute atomic E-state index is 0.211. The third-order valence-corrected chi connectivity index (χ3v) is 4.80. The van der Waals surface area contributed by atoms with Gasteiger partial charge in [-0.25, -0.2) is 0 Å². The molecule has 1 aromatic carbocycles. The van der Waals surface area contributed by atoms with E-state index in [9.17, 15) is 4.79 Å². The Hall–Kier alpha value is -3.41. The summed E-state index contributed by atoms with van der Waals surface area (Å²) < 4.78 is 0. The first kappa shape index (κ1) is 18.0. The van der Waals surface area contributed by atoms with Gasteiger partial charge in [-0.2, -0.15) is 0 Å². The molecule has 3 heterocycles. The highest BCUT2D eigenvalue weighted by Crippen LogP contribution is 2.24. The van der Waals surface area contributed by atoms with E-state index < -0.39 is 0 Å². The van der Waals surface area contributed by atoms with E-state index >= 15 is 0 Å². The van der Waals surface area contributed by atoms with Crippen molar-refractivity contribution in [2.45, 2.75) is 19.4 Å². The average molecular weight is 373 g/mol. The van der Waals surface area contributed by atoms with E-state index in [-0.39, 0.29) is 5.91 Å². The molecule has 0 radical (unpaired) electrons. The Morgan fingerprint density at radius 3 is 2.57 bits per heavy atom. The van der Waals surface area contributed by atoms with Crippen molar-refractivity contribution in [1.82, 2.24) is 15.3 Å². The average Bonchev–Trinajstić information content (AvgIpc) is 3.28. The Morgan fingerprint density at radius 1 is 1.00 bits per heavy atom. The molecule has 1 amide bonds. The van der Waals surface area contributed by atoms with Gasteiger partial charge >= 0.3 is 0 Å². The van der Waals surface area contributed by atoms with Crippen molar-refractivity contribution in [2.75, 3.05) is 23.3 Å². The standard InChI is InChI=1S/C22H23N5O/c28-22(25-16-17-4-3-10-23-15-17)21-14-19(9-11-24-21)26-18-5-7-20(8-6-18)27-12-1-2-13-27/h3-11,14-15H,1-2,12-13,16H2,(H,24,26)(H,25,28). The summed E-state index contributed by atoms with van der Waals surface area (Å²) >= 11 is 0. The maximum absolute atomic E-state index is 12.4. The molecular weight excluding hydrogens is 350 g/mol. The van der Waals surface area contributed by atoms with Gasteiger partial charge in [0.25, 0.3) is 5.91 Å². The Balaban J connectivity index is 1.38. The van der Waals surface area contributed by atoms with Crippen LogP contribution < -0.4 is 15.5 Å². The first-order chi connectivity index (χ1) is 13.8. The Kier molecular flexibility index (Phi) is 5.47. The van der Waals surface area contributed by atoms with Crippen molar-refractivity contribution >= 4 is 23.0 Å². The molecule has 1 aliphatic heterocycles. The van der Waals surface area contributed by atoms with Gasteiger partial charge in [-0.3, -0.25) is 14.8 Å². The summed E-state index contributed by atoms with van der Waals surface area (Å²) in [6, 6.07) is 15.8. The highest BCUT2D eigenvalue weighted by atomic mass is 16.1. The van der Waals surface area contributed by atoms with E-state index in [4.69, 9.17) is 0 Å². The quantitative estimate of drug-likeness (QED) is 0.689. The third kappa shape index (κ3) is 4.46. The van der Waals surface area contributed by atoms with E-state index in [1.165, 1.54) is 18.5 Å². The monoisotopic (exact) mass is 373 g/mol. The summed E-state index contributed by atoms with van der Waals surface area (Å²) in [5.41, 5.74) is 4.39. The van der Waals surface area contributed by atoms with Crippen LogP contribution in [0.3, 0.4) is 0 Å². The maximum Gasteiger partial charge on any atom is 0.270 e. The van der Waals surface area contributed by atoms with Crippen LogP contribution >= 0.6 is 0 Å². The Labute approximate surface area is 164 Å². The smallest absolute Gasteiger partial charge is 0.270 e. The van der Waals surface area contributed by atoms with Crippen molar-refractivity contribution in [1.29, 1.82) is 0 Å². The lowest BCUT2D eigenvalue weighted by Gasteiger charge is -2.18. The summed E-state index contributed by atoms with van der Waals surface area (Å²) in [7, 11) is 0. The predicted octanol–water partition coefficient (Wildman–Crippen LogP) is 3.75. The van der Waals surface area contributed by atoms with Crippen LogP contribution in [-0.2, 0) is 6.54 Å². The summed E-state index contributed by atoms with van der Waals surface area (Å²) in [5, 5.41) is 6.21.